The lowest BCUT2D eigenvalue weighted by molar-refractivity contribution is -0.141. The predicted octanol–water partition coefficient (Wildman–Crippen LogP) is 0.910. The summed E-state index contributed by atoms with van der Waals surface area (Å²) >= 11 is 0. The summed E-state index contributed by atoms with van der Waals surface area (Å²) in [5.74, 6) is 5.55. The second-order valence-corrected chi connectivity index (χ2v) is 4.66. The summed E-state index contributed by atoms with van der Waals surface area (Å²) in [6, 6.07) is -1.10. The molecule has 116 valence electrons. The van der Waals surface area contributed by atoms with Crippen LogP contribution in [0.25, 0.3) is 0 Å². The number of rotatable bonds is 7. The van der Waals surface area contributed by atoms with Crippen LogP contribution < -0.4 is 16.0 Å². The smallest absolute Gasteiger partial charge is 0.391 e. The van der Waals surface area contributed by atoms with Crippen molar-refractivity contribution in [1.29, 1.82) is 0 Å². The standard InChI is InChI=1S/C11H20F3N5O/c1-18(2)4-5-19-10(9(20-3)7-16-19)8(17-15)6-11(12,13)14/h7-8,17H,4-6,15H2,1-3H3. The number of halogens is 3. The number of nitrogens with one attached hydrogen (secondary N) is 1. The molecular weight excluding hydrogens is 275 g/mol. The average molecular weight is 295 g/mol. The van der Waals surface area contributed by atoms with Crippen molar-refractivity contribution in [2.45, 2.75) is 25.2 Å². The van der Waals surface area contributed by atoms with Crippen LogP contribution in [0.5, 0.6) is 5.75 Å². The molecule has 0 aliphatic rings. The Bertz CT molecular complexity index is 419. The molecule has 1 aromatic rings. The Labute approximate surface area is 115 Å². The molecule has 0 amide bonds. The molecule has 0 radical (unpaired) electrons. The number of aromatic nitrogens is 2. The monoisotopic (exact) mass is 295 g/mol. The van der Waals surface area contributed by atoms with E-state index in [-0.39, 0.29) is 5.75 Å². The maximum atomic E-state index is 12.6. The lowest BCUT2D eigenvalue weighted by Gasteiger charge is -2.21. The maximum absolute atomic E-state index is 12.6. The number of nitrogens with zero attached hydrogens (tertiary/aromatic N) is 3. The maximum Gasteiger partial charge on any atom is 0.391 e. The Hall–Kier alpha value is -1.32. The molecule has 0 aliphatic carbocycles. The number of hydrazine groups is 1. The van der Waals surface area contributed by atoms with Crippen LogP contribution in [0.4, 0.5) is 13.2 Å². The highest BCUT2D eigenvalue weighted by Crippen LogP contribution is 2.33. The molecule has 0 spiro atoms. The van der Waals surface area contributed by atoms with Crippen LogP contribution in [0.15, 0.2) is 6.20 Å². The van der Waals surface area contributed by atoms with Crippen molar-refractivity contribution >= 4 is 0 Å². The van der Waals surface area contributed by atoms with Crippen molar-refractivity contribution in [3.05, 3.63) is 11.9 Å². The lowest BCUT2D eigenvalue weighted by atomic mass is 10.1. The summed E-state index contributed by atoms with van der Waals surface area (Å²) in [5.41, 5.74) is 2.49. The minimum Gasteiger partial charge on any atom is -0.493 e. The van der Waals surface area contributed by atoms with Gasteiger partial charge in [-0.25, -0.2) is 0 Å². The van der Waals surface area contributed by atoms with Crippen molar-refractivity contribution in [3.8, 4) is 5.75 Å². The van der Waals surface area contributed by atoms with Gasteiger partial charge in [-0.15, -0.1) is 0 Å². The lowest BCUT2D eigenvalue weighted by Crippen LogP contribution is -2.34. The molecular formula is C11H20F3N5O. The Morgan fingerprint density at radius 2 is 2.15 bits per heavy atom. The number of likely N-dealkylation sites (N-methyl/N-ethyl adjacent to an activating group) is 1. The average Bonchev–Trinajstić information content (AvgIpc) is 2.75. The van der Waals surface area contributed by atoms with E-state index in [2.05, 4.69) is 10.5 Å². The van der Waals surface area contributed by atoms with Gasteiger partial charge in [0.05, 0.1) is 38.0 Å². The van der Waals surface area contributed by atoms with Gasteiger partial charge in [-0.3, -0.25) is 16.0 Å². The fraction of sp³-hybridized carbons (Fsp3) is 0.727. The van der Waals surface area contributed by atoms with Gasteiger partial charge in [0.15, 0.2) is 5.75 Å². The molecule has 1 heterocycles. The molecule has 20 heavy (non-hydrogen) atoms. The Morgan fingerprint density at radius 3 is 2.60 bits per heavy atom. The third-order valence-corrected chi connectivity index (χ3v) is 2.79. The summed E-state index contributed by atoms with van der Waals surface area (Å²) in [5, 5.41) is 4.06. The largest absolute Gasteiger partial charge is 0.493 e. The van der Waals surface area contributed by atoms with Gasteiger partial charge in [-0.1, -0.05) is 0 Å². The Kier molecular flexibility index (Phi) is 5.78. The van der Waals surface area contributed by atoms with Crippen LogP contribution in [-0.2, 0) is 6.54 Å². The zero-order valence-electron chi connectivity index (χ0n) is 11.7. The SMILES string of the molecule is COc1cnn(CCN(C)C)c1C(CC(F)(F)F)NN. The summed E-state index contributed by atoms with van der Waals surface area (Å²) in [4.78, 5) is 1.91. The fourth-order valence-corrected chi connectivity index (χ4v) is 1.83. The number of hydrogen-bond acceptors (Lipinski definition) is 5. The Balaban J connectivity index is 3.01. The van der Waals surface area contributed by atoms with Crippen LogP contribution in [0.2, 0.25) is 0 Å². The Morgan fingerprint density at radius 1 is 1.50 bits per heavy atom. The second kappa shape index (κ2) is 6.91. The fourth-order valence-electron chi connectivity index (χ4n) is 1.83. The van der Waals surface area contributed by atoms with Gasteiger partial charge < -0.3 is 9.64 Å². The number of methoxy groups -OCH3 is 1. The molecule has 3 N–H and O–H groups in total. The number of ether oxygens (including phenoxy) is 1. The topological polar surface area (TPSA) is 68.3 Å². The molecule has 9 heteroatoms. The van der Waals surface area contributed by atoms with Crippen LogP contribution in [0.3, 0.4) is 0 Å². The second-order valence-electron chi connectivity index (χ2n) is 4.66. The molecule has 0 saturated heterocycles. The van der Waals surface area contributed by atoms with Gasteiger partial charge in [0, 0.05) is 6.54 Å². The number of alkyl halides is 3. The molecule has 0 fully saturated rings. The highest BCUT2D eigenvalue weighted by molar-refractivity contribution is 5.28. The van der Waals surface area contributed by atoms with E-state index < -0.39 is 18.6 Å². The first kappa shape index (κ1) is 16.7. The predicted molar refractivity (Wildman–Crippen MR) is 68.1 cm³/mol. The highest BCUT2D eigenvalue weighted by atomic mass is 19.4. The van der Waals surface area contributed by atoms with Crippen molar-refractivity contribution in [1.82, 2.24) is 20.1 Å². The van der Waals surface area contributed by atoms with E-state index in [1.54, 1.807) is 0 Å². The van der Waals surface area contributed by atoms with Gasteiger partial charge in [-0.05, 0) is 14.1 Å². The van der Waals surface area contributed by atoms with Gasteiger partial charge >= 0.3 is 6.18 Å². The van der Waals surface area contributed by atoms with E-state index in [1.807, 2.05) is 19.0 Å². The van der Waals surface area contributed by atoms with E-state index >= 15 is 0 Å². The highest BCUT2D eigenvalue weighted by Gasteiger charge is 2.35. The molecule has 1 unspecified atom stereocenters. The van der Waals surface area contributed by atoms with Crippen molar-refractivity contribution in [2.75, 3.05) is 27.7 Å². The summed E-state index contributed by atoms with van der Waals surface area (Å²) < 4.78 is 44.3. The van der Waals surface area contributed by atoms with Crippen LogP contribution in [0.1, 0.15) is 18.2 Å². The van der Waals surface area contributed by atoms with Crippen LogP contribution in [0, 0.1) is 0 Å². The number of hydrogen-bond donors (Lipinski definition) is 2. The third kappa shape index (κ3) is 4.66. The third-order valence-electron chi connectivity index (χ3n) is 2.79. The van der Waals surface area contributed by atoms with Gasteiger partial charge in [-0.2, -0.15) is 18.3 Å². The van der Waals surface area contributed by atoms with E-state index in [9.17, 15) is 13.2 Å². The van der Waals surface area contributed by atoms with E-state index in [0.717, 1.165) is 0 Å². The van der Waals surface area contributed by atoms with E-state index in [0.29, 0.717) is 18.8 Å². The van der Waals surface area contributed by atoms with E-state index in [4.69, 9.17) is 10.6 Å². The van der Waals surface area contributed by atoms with Crippen molar-refractivity contribution < 1.29 is 17.9 Å². The first-order chi connectivity index (χ1) is 9.28. The molecule has 1 atom stereocenters. The van der Waals surface area contributed by atoms with Gasteiger partial charge in [0.25, 0.3) is 0 Å². The summed E-state index contributed by atoms with van der Waals surface area (Å²) in [7, 11) is 5.13. The molecule has 1 rings (SSSR count). The first-order valence-electron chi connectivity index (χ1n) is 6.05. The minimum atomic E-state index is -4.33. The molecule has 0 bridgehead atoms. The van der Waals surface area contributed by atoms with Gasteiger partial charge in [0.1, 0.15) is 0 Å². The molecule has 0 aliphatic heterocycles. The van der Waals surface area contributed by atoms with Crippen molar-refractivity contribution in [2.24, 2.45) is 5.84 Å². The van der Waals surface area contributed by atoms with E-state index in [1.165, 1.54) is 18.0 Å². The van der Waals surface area contributed by atoms with Gasteiger partial charge in [0.2, 0.25) is 0 Å². The zero-order chi connectivity index (χ0) is 15.3. The summed E-state index contributed by atoms with van der Waals surface area (Å²) in [6.45, 7) is 1.09. The minimum absolute atomic E-state index is 0.288. The van der Waals surface area contributed by atoms with Crippen molar-refractivity contribution in [3.63, 3.8) is 0 Å². The zero-order valence-corrected chi connectivity index (χ0v) is 11.7. The van der Waals surface area contributed by atoms with Crippen LogP contribution >= 0.6 is 0 Å². The number of nitrogens with two attached hydrogens (primary N) is 1. The molecule has 0 aromatic carbocycles. The summed E-state index contributed by atoms with van der Waals surface area (Å²) in [6.07, 6.45) is -4.03. The molecule has 1 aromatic heterocycles. The first-order valence-corrected chi connectivity index (χ1v) is 6.05. The quantitative estimate of drug-likeness (QED) is 0.578. The van der Waals surface area contributed by atoms with Crippen LogP contribution in [-0.4, -0.2) is 48.6 Å². The molecule has 6 nitrogen and oxygen atoms in total. The molecule has 0 saturated carbocycles. The normalized spacial score (nSPS) is 13.8.